The molecule has 1 N–H and O–H groups in total. The quantitative estimate of drug-likeness (QED) is 0.463. The average Bonchev–Trinajstić information content (AvgIpc) is 2.95. The van der Waals surface area contributed by atoms with Gasteiger partial charge in [-0.1, -0.05) is 47.5 Å². The Morgan fingerprint density at radius 3 is 2.12 bits per heavy atom. The molecule has 0 unspecified atom stereocenters. The molecule has 0 atom stereocenters. The lowest BCUT2D eigenvalue weighted by Gasteiger charge is -2.09. The number of H-pyrrole nitrogens is 1. The summed E-state index contributed by atoms with van der Waals surface area (Å²) < 4.78 is 20.0. The molecule has 0 aliphatic heterocycles. The number of hydrogen-bond acceptors (Lipinski definition) is 1. The molecular weight excluding hydrogens is 313 g/mol. The Balaban J connectivity index is 1.89. The molecule has 0 aliphatic carbocycles. The van der Waals surface area contributed by atoms with Gasteiger partial charge in [0.1, 0.15) is 11.6 Å². The van der Waals surface area contributed by atoms with Crippen molar-refractivity contribution in [3.05, 3.63) is 83.7 Å². The van der Waals surface area contributed by atoms with Gasteiger partial charge in [0.2, 0.25) is 0 Å². The highest BCUT2D eigenvalue weighted by molar-refractivity contribution is 5.94. The van der Waals surface area contributed by atoms with Crippen molar-refractivity contribution in [3.8, 4) is 22.8 Å². The fourth-order valence-corrected chi connectivity index (χ4v) is 2.89. The smallest absolute Gasteiger partial charge is 0.160 e. The van der Waals surface area contributed by atoms with Gasteiger partial charge in [-0.3, -0.25) is 0 Å². The van der Waals surface area contributed by atoms with E-state index >= 15 is 0 Å². The molecular formula is C22H18FNO. The maximum Gasteiger partial charge on any atom is 0.160 e. The standard InChI is InChI=1S/C22H18FNO/c1-14-3-7-16(8-4-14)21-22(25-18-10-5-15(2)6-11-18)19-13-17(23)9-12-20(19)24-21/h3-13,24H,1-2H3. The Kier molecular flexibility index (Phi) is 3.77. The van der Waals surface area contributed by atoms with E-state index in [4.69, 9.17) is 4.74 Å². The number of nitrogens with one attached hydrogen (secondary N) is 1. The number of hydrogen-bond donors (Lipinski definition) is 1. The van der Waals surface area contributed by atoms with Crippen LogP contribution >= 0.6 is 0 Å². The van der Waals surface area contributed by atoms with Crippen LogP contribution in [-0.2, 0) is 0 Å². The molecule has 0 radical (unpaired) electrons. The van der Waals surface area contributed by atoms with Crippen LogP contribution in [0.15, 0.2) is 66.7 Å². The number of halogens is 1. The van der Waals surface area contributed by atoms with Crippen LogP contribution in [0, 0.1) is 19.7 Å². The van der Waals surface area contributed by atoms with E-state index in [1.807, 2.05) is 50.2 Å². The highest BCUT2D eigenvalue weighted by atomic mass is 19.1. The third-order valence-electron chi connectivity index (χ3n) is 4.29. The van der Waals surface area contributed by atoms with Gasteiger partial charge in [0.25, 0.3) is 0 Å². The van der Waals surface area contributed by atoms with Crippen LogP contribution in [0.25, 0.3) is 22.2 Å². The van der Waals surface area contributed by atoms with Crippen molar-refractivity contribution < 1.29 is 9.13 Å². The number of aryl methyl sites for hydroxylation is 2. The van der Waals surface area contributed by atoms with E-state index in [1.54, 1.807) is 6.07 Å². The first kappa shape index (κ1) is 15.5. The van der Waals surface area contributed by atoms with E-state index in [-0.39, 0.29) is 5.82 Å². The zero-order valence-electron chi connectivity index (χ0n) is 14.1. The first-order valence-corrected chi connectivity index (χ1v) is 8.23. The van der Waals surface area contributed by atoms with Gasteiger partial charge < -0.3 is 9.72 Å². The SMILES string of the molecule is Cc1ccc(Oc2c(-c3ccc(C)cc3)[nH]c3ccc(F)cc23)cc1. The summed E-state index contributed by atoms with van der Waals surface area (Å²) >= 11 is 0. The van der Waals surface area contributed by atoms with Crippen molar-refractivity contribution in [2.24, 2.45) is 0 Å². The molecule has 0 amide bonds. The second-order valence-electron chi connectivity index (χ2n) is 6.30. The van der Waals surface area contributed by atoms with Crippen LogP contribution in [0.5, 0.6) is 11.5 Å². The van der Waals surface area contributed by atoms with Crippen molar-refractivity contribution in [1.82, 2.24) is 4.98 Å². The maximum atomic E-state index is 13.8. The topological polar surface area (TPSA) is 25.0 Å². The van der Waals surface area contributed by atoms with Crippen LogP contribution < -0.4 is 4.74 Å². The second-order valence-corrected chi connectivity index (χ2v) is 6.30. The van der Waals surface area contributed by atoms with Crippen molar-refractivity contribution in [1.29, 1.82) is 0 Å². The summed E-state index contributed by atoms with van der Waals surface area (Å²) in [6.07, 6.45) is 0. The van der Waals surface area contributed by atoms with E-state index < -0.39 is 0 Å². The normalized spacial score (nSPS) is 11.0. The van der Waals surface area contributed by atoms with Crippen molar-refractivity contribution in [2.75, 3.05) is 0 Å². The minimum absolute atomic E-state index is 0.282. The number of fused-ring (bicyclic) bond motifs is 1. The molecule has 0 spiro atoms. The summed E-state index contributed by atoms with van der Waals surface area (Å²) in [5.74, 6) is 1.09. The van der Waals surface area contributed by atoms with Gasteiger partial charge in [0.15, 0.2) is 5.75 Å². The Morgan fingerprint density at radius 1 is 0.800 bits per heavy atom. The highest BCUT2D eigenvalue weighted by Crippen LogP contribution is 2.40. The van der Waals surface area contributed by atoms with E-state index in [2.05, 4.69) is 17.1 Å². The van der Waals surface area contributed by atoms with Gasteiger partial charge in [-0.25, -0.2) is 4.39 Å². The van der Waals surface area contributed by atoms with Crippen LogP contribution in [-0.4, -0.2) is 4.98 Å². The number of benzene rings is 3. The second kappa shape index (κ2) is 6.10. The predicted molar refractivity (Wildman–Crippen MR) is 99.7 cm³/mol. The molecule has 4 rings (SSSR count). The van der Waals surface area contributed by atoms with Gasteiger partial charge in [-0.2, -0.15) is 0 Å². The average molecular weight is 331 g/mol. The van der Waals surface area contributed by atoms with Gasteiger partial charge in [-0.15, -0.1) is 0 Å². The fraction of sp³-hybridized carbons (Fsp3) is 0.0909. The molecule has 0 aliphatic rings. The Labute approximate surface area is 145 Å². The summed E-state index contributed by atoms with van der Waals surface area (Å²) in [6.45, 7) is 4.08. The highest BCUT2D eigenvalue weighted by Gasteiger charge is 2.16. The molecule has 124 valence electrons. The van der Waals surface area contributed by atoms with Gasteiger partial charge in [0.05, 0.1) is 5.69 Å². The maximum absolute atomic E-state index is 13.8. The monoisotopic (exact) mass is 331 g/mol. The van der Waals surface area contributed by atoms with Gasteiger partial charge in [0, 0.05) is 16.5 Å². The summed E-state index contributed by atoms with van der Waals surface area (Å²) in [6, 6.07) is 20.7. The Bertz CT molecular complexity index is 1030. The molecule has 1 aromatic heterocycles. The third-order valence-corrected chi connectivity index (χ3v) is 4.29. The number of aromatic nitrogens is 1. The van der Waals surface area contributed by atoms with Crippen molar-refractivity contribution >= 4 is 10.9 Å². The van der Waals surface area contributed by atoms with Gasteiger partial charge >= 0.3 is 0 Å². The minimum Gasteiger partial charge on any atom is -0.454 e. The lowest BCUT2D eigenvalue weighted by Crippen LogP contribution is -1.87. The van der Waals surface area contributed by atoms with Crippen LogP contribution in [0.3, 0.4) is 0 Å². The fourth-order valence-electron chi connectivity index (χ4n) is 2.89. The first-order valence-electron chi connectivity index (χ1n) is 8.23. The molecule has 0 saturated heterocycles. The van der Waals surface area contributed by atoms with Crippen molar-refractivity contribution in [3.63, 3.8) is 0 Å². The predicted octanol–water partition coefficient (Wildman–Crippen LogP) is 6.38. The van der Waals surface area contributed by atoms with E-state index in [1.165, 1.54) is 17.7 Å². The lowest BCUT2D eigenvalue weighted by atomic mass is 10.1. The van der Waals surface area contributed by atoms with E-state index in [0.29, 0.717) is 5.75 Å². The molecule has 25 heavy (non-hydrogen) atoms. The molecule has 1 heterocycles. The Morgan fingerprint density at radius 2 is 1.44 bits per heavy atom. The molecule has 0 saturated carbocycles. The zero-order chi connectivity index (χ0) is 17.4. The van der Waals surface area contributed by atoms with Crippen LogP contribution in [0.4, 0.5) is 4.39 Å². The van der Waals surface area contributed by atoms with Crippen LogP contribution in [0.1, 0.15) is 11.1 Å². The number of rotatable bonds is 3. The minimum atomic E-state index is -0.282. The molecule has 4 aromatic rings. The molecule has 3 heteroatoms. The molecule has 0 bridgehead atoms. The molecule has 2 nitrogen and oxygen atoms in total. The molecule has 3 aromatic carbocycles. The zero-order valence-corrected chi connectivity index (χ0v) is 14.1. The largest absolute Gasteiger partial charge is 0.454 e. The first-order chi connectivity index (χ1) is 12.1. The summed E-state index contributed by atoms with van der Waals surface area (Å²) in [4.78, 5) is 3.37. The van der Waals surface area contributed by atoms with Crippen LogP contribution in [0.2, 0.25) is 0 Å². The number of ether oxygens (including phenoxy) is 1. The Hall–Kier alpha value is -3.07. The van der Waals surface area contributed by atoms with E-state index in [0.717, 1.165) is 33.5 Å². The van der Waals surface area contributed by atoms with Crippen molar-refractivity contribution in [2.45, 2.75) is 13.8 Å². The molecule has 0 fully saturated rings. The third kappa shape index (κ3) is 3.01. The summed E-state index contributed by atoms with van der Waals surface area (Å²) in [7, 11) is 0. The lowest BCUT2D eigenvalue weighted by molar-refractivity contribution is 0.489. The summed E-state index contributed by atoms with van der Waals surface area (Å²) in [5, 5.41) is 0.733. The van der Waals surface area contributed by atoms with Gasteiger partial charge in [-0.05, 0) is 44.2 Å². The van der Waals surface area contributed by atoms with E-state index in [9.17, 15) is 4.39 Å². The number of aromatic amines is 1. The summed E-state index contributed by atoms with van der Waals surface area (Å²) in [5.41, 5.74) is 5.05.